The van der Waals surface area contributed by atoms with Crippen LogP contribution in [0.4, 0.5) is 5.69 Å². The predicted molar refractivity (Wildman–Crippen MR) is 94.2 cm³/mol. The fourth-order valence-electron chi connectivity index (χ4n) is 2.96. The second-order valence-corrected chi connectivity index (χ2v) is 7.93. The molecule has 0 N–H and O–H groups in total. The maximum atomic E-state index is 13.0. The number of nitrogens with zero attached hydrogens (tertiary/aromatic N) is 4. The van der Waals surface area contributed by atoms with Gasteiger partial charge in [-0.15, -0.1) is 0 Å². The summed E-state index contributed by atoms with van der Waals surface area (Å²) in [5.74, 6) is 0. The third kappa shape index (κ3) is 4.16. The monoisotopic (exact) mass is 396 g/mol. The zero-order valence-electron chi connectivity index (χ0n) is 14.8. The number of hydrogen-bond acceptors (Lipinski definition) is 7. The zero-order chi connectivity index (χ0) is 19.4. The lowest BCUT2D eigenvalue weighted by molar-refractivity contribution is -0.387. The molecule has 11 heteroatoms. The Morgan fingerprint density at radius 3 is 2.81 bits per heavy atom. The normalized spacial score (nSPS) is 15.3. The molecule has 1 aromatic heterocycles. The van der Waals surface area contributed by atoms with Crippen LogP contribution in [0.15, 0.2) is 35.2 Å². The highest BCUT2D eigenvalue weighted by Crippen LogP contribution is 2.28. The van der Waals surface area contributed by atoms with E-state index in [9.17, 15) is 18.5 Å². The molecule has 2 heterocycles. The van der Waals surface area contributed by atoms with E-state index >= 15 is 0 Å². The molecule has 1 aliphatic rings. The van der Waals surface area contributed by atoms with Gasteiger partial charge in [0, 0.05) is 26.3 Å². The summed E-state index contributed by atoms with van der Waals surface area (Å²) >= 11 is 0. The minimum absolute atomic E-state index is 0.0889. The van der Waals surface area contributed by atoms with Crippen LogP contribution in [0.25, 0.3) is 0 Å². The number of methoxy groups -OCH3 is 1. The first-order valence-corrected chi connectivity index (χ1v) is 9.73. The number of hydrogen-bond donors (Lipinski definition) is 0. The molecule has 0 spiro atoms. The van der Waals surface area contributed by atoms with Crippen molar-refractivity contribution in [3.05, 3.63) is 51.8 Å². The van der Waals surface area contributed by atoms with Crippen LogP contribution in [0, 0.1) is 10.1 Å². The van der Waals surface area contributed by atoms with Gasteiger partial charge in [-0.2, -0.15) is 9.40 Å². The summed E-state index contributed by atoms with van der Waals surface area (Å²) in [4.78, 5) is 10.3. The summed E-state index contributed by atoms with van der Waals surface area (Å²) in [6.45, 7) is 1.30. The Morgan fingerprint density at radius 2 is 2.07 bits per heavy atom. The average Bonchev–Trinajstić information content (AvgIpc) is 2.91. The largest absolute Gasteiger partial charge is 0.359 e. The van der Waals surface area contributed by atoms with E-state index in [0.717, 1.165) is 0 Å². The summed E-state index contributed by atoms with van der Waals surface area (Å²) in [6.07, 6.45) is 0.549. The summed E-state index contributed by atoms with van der Waals surface area (Å²) in [5.41, 5.74) is 0.960. The number of nitro benzene ring substituents is 1. The molecule has 1 aromatic carbocycles. The van der Waals surface area contributed by atoms with E-state index in [1.54, 1.807) is 10.7 Å². The predicted octanol–water partition coefficient (Wildman–Crippen LogP) is 1.51. The number of fused-ring (bicyclic) bond motifs is 1. The van der Waals surface area contributed by atoms with E-state index in [4.69, 9.17) is 9.47 Å². The number of sulfonamides is 1. The minimum Gasteiger partial charge on any atom is -0.359 e. The Morgan fingerprint density at radius 1 is 1.30 bits per heavy atom. The van der Waals surface area contributed by atoms with Crippen molar-refractivity contribution in [2.45, 2.75) is 31.0 Å². The van der Waals surface area contributed by atoms with E-state index in [2.05, 4.69) is 5.10 Å². The smallest absolute Gasteiger partial charge is 0.289 e. The molecular weight excluding hydrogens is 376 g/mol. The molecule has 2 aromatic rings. The molecule has 1 aliphatic heterocycles. The molecule has 3 rings (SSSR count). The van der Waals surface area contributed by atoms with Crippen molar-refractivity contribution in [2.75, 3.05) is 20.4 Å². The van der Waals surface area contributed by atoms with Crippen LogP contribution in [0.3, 0.4) is 0 Å². The minimum atomic E-state index is -4.02. The van der Waals surface area contributed by atoms with E-state index in [1.165, 1.54) is 35.7 Å². The number of para-hydroxylation sites is 1. The Hall–Kier alpha value is -2.34. The van der Waals surface area contributed by atoms with E-state index < -0.39 is 20.6 Å². The second-order valence-electron chi connectivity index (χ2n) is 6.02. The molecule has 0 amide bonds. The highest BCUT2D eigenvalue weighted by molar-refractivity contribution is 7.89. The summed E-state index contributed by atoms with van der Waals surface area (Å²) in [6, 6.07) is 7.16. The highest BCUT2D eigenvalue weighted by Gasteiger charge is 2.33. The maximum Gasteiger partial charge on any atom is 0.289 e. The van der Waals surface area contributed by atoms with Gasteiger partial charge in [0.25, 0.3) is 5.69 Å². The van der Waals surface area contributed by atoms with Crippen molar-refractivity contribution in [3.8, 4) is 0 Å². The lowest BCUT2D eigenvalue weighted by Crippen LogP contribution is -2.31. The molecule has 0 saturated heterocycles. The average molecular weight is 396 g/mol. The molecule has 0 radical (unpaired) electrons. The SMILES string of the molecule is COCOCc1cc2n(n1)CCCN(S(=O)(=O)c1ccccc1[N+](=O)[O-])C2. The van der Waals surface area contributed by atoms with E-state index in [-0.39, 0.29) is 31.4 Å². The van der Waals surface area contributed by atoms with Crippen molar-refractivity contribution in [3.63, 3.8) is 0 Å². The van der Waals surface area contributed by atoms with Crippen molar-refractivity contribution >= 4 is 15.7 Å². The Bertz CT molecular complexity index is 927. The molecule has 10 nitrogen and oxygen atoms in total. The van der Waals surface area contributed by atoms with Gasteiger partial charge in [-0.1, -0.05) is 12.1 Å². The van der Waals surface area contributed by atoms with Crippen molar-refractivity contribution in [1.82, 2.24) is 14.1 Å². The van der Waals surface area contributed by atoms with Crippen LogP contribution >= 0.6 is 0 Å². The molecule has 0 saturated carbocycles. The first kappa shape index (κ1) is 19.4. The molecule has 0 fully saturated rings. The molecule has 0 aliphatic carbocycles. The molecule has 146 valence electrons. The Kier molecular flexibility index (Phi) is 5.85. The number of aryl methyl sites for hydroxylation is 1. The number of benzene rings is 1. The lowest BCUT2D eigenvalue weighted by Gasteiger charge is -2.19. The summed E-state index contributed by atoms with van der Waals surface area (Å²) < 4.78 is 39.2. The van der Waals surface area contributed by atoms with Crippen LogP contribution in [-0.4, -0.2) is 47.9 Å². The van der Waals surface area contributed by atoms with Crippen molar-refractivity contribution in [2.24, 2.45) is 0 Å². The van der Waals surface area contributed by atoms with Crippen LogP contribution in [0.1, 0.15) is 17.8 Å². The Labute approximate surface area is 156 Å². The van der Waals surface area contributed by atoms with Gasteiger partial charge in [0.2, 0.25) is 10.0 Å². The fraction of sp³-hybridized carbons (Fsp3) is 0.438. The topological polar surface area (TPSA) is 117 Å². The van der Waals surface area contributed by atoms with Gasteiger partial charge in [-0.25, -0.2) is 8.42 Å². The molecular formula is C16H20N4O6S. The second kappa shape index (κ2) is 8.13. The number of rotatable bonds is 7. The number of nitro groups is 1. The van der Waals surface area contributed by atoms with Gasteiger partial charge in [0.15, 0.2) is 4.90 Å². The fourth-order valence-corrected chi connectivity index (χ4v) is 4.57. The molecule has 0 bridgehead atoms. The van der Waals surface area contributed by atoms with Gasteiger partial charge in [-0.3, -0.25) is 14.8 Å². The maximum absolute atomic E-state index is 13.0. The standard InChI is InChI=1S/C16H20N4O6S/c1-25-12-26-11-13-9-14-10-18(7-4-8-19(14)17-13)27(23,24)16-6-3-2-5-15(16)20(21)22/h2-3,5-6,9H,4,7-8,10-12H2,1H3. The van der Waals surface area contributed by atoms with Crippen LogP contribution in [0.2, 0.25) is 0 Å². The van der Waals surface area contributed by atoms with Gasteiger partial charge < -0.3 is 9.47 Å². The molecule has 27 heavy (non-hydrogen) atoms. The van der Waals surface area contributed by atoms with E-state index in [0.29, 0.717) is 24.4 Å². The Balaban J connectivity index is 1.87. The van der Waals surface area contributed by atoms with Crippen LogP contribution in [0.5, 0.6) is 0 Å². The van der Waals surface area contributed by atoms with Crippen LogP contribution < -0.4 is 0 Å². The van der Waals surface area contributed by atoms with E-state index in [1.807, 2.05) is 0 Å². The van der Waals surface area contributed by atoms with Gasteiger partial charge >= 0.3 is 0 Å². The third-order valence-electron chi connectivity index (χ3n) is 4.16. The first-order chi connectivity index (χ1) is 12.9. The van der Waals surface area contributed by atoms with Gasteiger partial charge in [-0.05, 0) is 18.6 Å². The number of aromatic nitrogens is 2. The quantitative estimate of drug-likeness (QED) is 0.301. The third-order valence-corrected chi connectivity index (χ3v) is 6.05. The van der Waals surface area contributed by atoms with Gasteiger partial charge in [0.1, 0.15) is 6.79 Å². The summed E-state index contributed by atoms with van der Waals surface area (Å²) in [5, 5.41) is 15.7. The lowest BCUT2D eigenvalue weighted by atomic mass is 10.3. The first-order valence-electron chi connectivity index (χ1n) is 8.29. The highest BCUT2D eigenvalue weighted by atomic mass is 32.2. The zero-order valence-corrected chi connectivity index (χ0v) is 15.6. The molecule has 0 unspecified atom stereocenters. The van der Waals surface area contributed by atoms with Crippen LogP contribution in [-0.2, 0) is 39.2 Å². The van der Waals surface area contributed by atoms with Gasteiger partial charge in [0.05, 0.1) is 29.5 Å². The van der Waals surface area contributed by atoms with Crippen molar-refractivity contribution in [1.29, 1.82) is 0 Å². The number of ether oxygens (including phenoxy) is 2. The summed E-state index contributed by atoms with van der Waals surface area (Å²) in [7, 11) is -2.49. The molecule has 0 atom stereocenters. The van der Waals surface area contributed by atoms with Crippen molar-refractivity contribution < 1.29 is 22.8 Å².